The fraction of sp³-hybridized carbons (Fsp3) is 0.250. The van der Waals surface area contributed by atoms with Crippen molar-refractivity contribution in [2.75, 3.05) is 10.2 Å². The second-order valence-electron chi connectivity index (χ2n) is 5.53. The molecule has 2 amide bonds. The molecule has 124 valence electrons. The van der Waals surface area contributed by atoms with Crippen LogP contribution < -0.4 is 10.2 Å². The Balaban J connectivity index is 1.86. The van der Waals surface area contributed by atoms with Gasteiger partial charge in [-0.25, -0.2) is 14.9 Å². The summed E-state index contributed by atoms with van der Waals surface area (Å²) in [7, 11) is 0. The van der Waals surface area contributed by atoms with E-state index >= 15 is 0 Å². The molecule has 1 atom stereocenters. The molecule has 24 heavy (non-hydrogen) atoms. The maximum atomic E-state index is 12.6. The topological polar surface area (TPSA) is 75.2 Å². The number of anilines is 2. The molecule has 2 aromatic rings. The molecule has 0 saturated carbocycles. The van der Waals surface area contributed by atoms with Crippen LogP contribution in [0.15, 0.2) is 24.3 Å². The molecule has 1 aliphatic heterocycles. The molecule has 6 nitrogen and oxygen atoms in total. The van der Waals surface area contributed by atoms with Gasteiger partial charge in [0, 0.05) is 0 Å². The molecule has 2 heterocycles. The van der Waals surface area contributed by atoms with E-state index in [1.165, 1.54) is 0 Å². The van der Waals surface area contributed by atoms with E-state index < -0.39 is 6.04 Å². The summed E-state index contributed by atoms with van der Waals surface area (Å²) in [6.07, 6.45) is 0.00719. The van der Waals surface area contributed by atoms with Gasteiger partial charge in [0.2, 0.25) is 5.91 Å². The molecule has 0 radical (unpaired) electrons. The smallest absolute Gasteiger partial charge is 0.256 e. The highest BCUT2D eigenvalue weighted by molar-refractivity contribution is 6.37. The standard InChI is InChI=1S/C16H14Cl2N4O2/c1-8-3-5-10(6-4-8)22-12(23)7-11(16(22)24)21-13-14(17)19-9(2)20-15(13)18/h3-6,11,21H,7H2,1-2H3/t11-/m1/s1. The van der Waals surface area contributed by atoms with Crippen LogP contribution in [0.4, 0.5) is 11.4 Å². The van der Waals surface area contributed by atoms with Gasteiger partial charge < -0.3 is 5.32 Å². The molecular formula is C16H14Cl2N4O2. The molecule has 0 unspecified atom stereocenters. The molecule has 0 aliphatic carbocycles. The van der Waals surface area contributed by atoms with Gasteiger partial charge in [-0.05, 0) is 26.0 Å². The van der Waals surface area contributed by atoms with Crippen LogP contribution in [0.5, 0.6) is 0 Å². The lowest BCUT2D eigenvalue weighted by Gasteiger charge is -2.17. The number of carbonyl (C=O) groups excluding carboxylic acids is 2. The Labute approximate surface area is 148 Å². The molecule has 1 aromatic carbocycles. The first-order valence-electron chi connectivity index (χ1n) is 7.26. The molecule has 8 heteroatoms. The number of carbonyl (C=O) groups is 2. The number of hydrogen-bond acceptors (Lipinski definition) is 5. The number of rotatable bonds is 3. The number of halogens is 2. The molecule has 1 saturated heterocycles. The predicted molar refractivity (Wildman–Crippen MR) is 92.5 cm³/mol. The SMILES string of the molecule is Cc1ccc(N2C(=O)C[C@@H](Nc3c(Cl)nc(C)nc3Cl)C2=O)cc1. The van der Waals surface area contributed by atoms with Crippen molar-refractivity contribution >= 4 is 46.4 Å². The highest BCUT2D eigenvalue weighted by atomic mass is 35.5. The van der Waals surface area contributed by atoms with E-state index in [9.17, 15) is 9.59 Å². The van der Waals surface area contributed by atoms with Crippen LogP contribution in [0.25, 0.3) is 0 Å². The third-order valence-corrected chi connectivity index (χ3v) is 4.24. The third kappa shape index (κ3) is 3.07. The number of nitrogens with one attached hydrogen (secondary N) is 1. The summed E-state index contributed by atoms with van der Waals surface area (Å²) >= 11 is 12.1. The summed E-state index contributed by atoms with van der Waals surface area (Å²) in [5, 5.41) is 3.12. The van der Waals surface area contributed by atoms with Crippen molar-refractivity contribution in [3.05, 3.63) is 46.0 Å². The lowest BCUT2D eigenvalue weighted by molar-refractivity contribution is -0.121. The van der Waals surface area contributed by atoms with Crippen LogP contribution in [0, 0.1) is 13.8 Å². The Morgan fingerprint density at radius 3 is 2.25 bits per heavy atom. The molecule has 1 aliphatic rings. The third-order valence-electron chi connectivity index (χ3n) is 3.69. The van der Waals surface area contributed by atoms with Crippen LogP contribution >= 0.6 is 23.2 Å². The van der Waals surface area contributed by atoms with Crippen LogP contribution in [0.1, 0.15) is 17.8 Å². The Morgan fingerprint density at radius 2 is 1.67 bits per heavy atom. The first kappa shape index (κ1) is 16.7. The van der Waals surface area contributed by atoms with Gasteiger partial charge in [0.25, 0.3) is 5.91 Å². The van der Waals surface area contributed by atoms with Crippen molar-refractivity contribution in [2.45, 2.75) is 26.3 Å². The van der Waals surface area contributed by atoms with E-state index in [-0.39, 0.29) is 34.2 Å². The fourth-order valence-corrected chi connectivity index (χ4v) is 3.09. The number of benzene rings is 1. The quantitative estimate of drug-likeness (QED) is 0.668. The lowest BCUT2D eigenvalue weighted by atomic mass is 10.2. The first-order chi connectivity index (χ1) is 11.4. The Hall–Kier alpha value is -2.18. The van der Waals surface area contributed by atoms with Crippen LogP contribution in [0.3, 0.4) is 0 Å². The van der Waals surface area contributed by atoms with Crippen LogP contribution in [-0.4, -0.2) is 27.8 Å². The minimum absolute atomic E-state index is 0.00719. The van der Waals surface area contributed by atoms with E-state index in [1.807, 2.05) is 19.1 Å². The Bertz CT molecular complexity index is 800. The van der Waals surface area contributed by atoms with E-state index in [2.05, 4.69) is 15.3 Å². The largest absolute Gasteiger partial charge is 0.368 e. The van der Waals surface area contributed by atoms with Gasteiger partial charge >= 0.3 is 0 Å². The van der Waals surface area contributed by atoms with Crippen molar-refractivity contribution in [3.8, 4) is 0 Å². The zero-order valence-corrected chi connectivity index (χ0v) is 14.5. The summed E-state index contributed by atoms with van der Waals surface area (Å²) in [5.41, 5.74) is 1.83. The second kappa shape index (κ2) is 6.37. The zero-order valence-electron chi connectivity index (χ0n) is 13.0. The summed E-state index contributed by atoms with van der Waals surface area (Å²) < 4.78 is 0. The second-order valence-corrected chi connectivity index (χ2v) is 6.25. The summed E-state index contributed by atoms with van der Waals surface area (Å²) in [6, 6.07) is 6.40. The highest BCUT2D eigenvalue weighted by Crippen LogP contribution is 2.31. The van der Waals surface area contributed by atoms with E-state index in [0.717, 1.165) is 10.5 Å². The van der Waals surface area contributed by atoms with Gasteiger partial charge in [0.15, 0.2) is 10.3 Å². The van der Waals surface area contributed by atoms with Crippen LogP contribution in [0.2, 0.25) is 10.3 Å². The van der Waals surface area contributed by atoms with Gasteiger partial charge in [0.05, 0.1) is 12.1 Å². The first-order valence-corrected chi connectivity index (χ1v) is 8.02. The maximum absolute atomic E-state index is 12.6. The zero-order chi connectivity index (χ0) is 17.4. The molecular weight excluding hydrogens is 351 g/mol. The summed E-state index contributed by atoms with van der Waals surface area (Å²) in [4.78, 5) is 34.0. The molecule has 0 bridgehead atoms. The molecule has 1 N–H and O–H groups in total. The van der Waals surface area contributed by atoms with E-state index in [1.54, 1.807) is 19.1 Å². The lowest BCUT2D eigenvalue weighted by Crippen LogP contribution is -2.35. The van der Waals surface area contributed by atoms with Crippen molar-refractivity contribution in [2.24, 2.45) is 0 Å². The van der Waals surface area contributed by atoms with E-state index in [4.69, 9.17) is 23.2 Å². The Morgan fingerprint density at radius 1 is 1.08 bits per heavy atom. The van der Waals surface area contributed by atoms with Crippen LogP contribution in [-0.2, 0) is 9.59 Å². The summed E-state index contributed by atoms with van der Waals surface area (Å²) in [6.45, 7) is 3.59. The Kier molecular flexibility index (Phi) is 4.43. The molecule has 1 aromatic heterocycles. The average Bonchev–Trinajstić information content (AvgIpc) is 2.78. The fourth-order valence-electron chi connectivity index (χ4n) is 2.51. The normalized spacial score (nSPS) is 17.5. The highest BCUT2D eigenvalue weighted by Gasteiger charge is 2.40. The van der Waals surface area contributed by atoms with Gasteiger partial charge in [-0.2, -0.15) is 0 Å². The maximum Gasteiger partial charge on any atom is 0.256 e. The number of imide groups is 1. The van der Waals surface area contributed by atoms with Crippen molar-refractivity contribution in [3.63, 3.8) is 0 Å². The van der Waals surface area contributed by atoms with Gasteiger partial charge in [-0.3, -0.25) is 9.59 Å². The van der Waals surface area contributed by atoms with Crippen molar-refractivity contribution < 1.29 is 9.59 Å². The molecule has 1 fully saturated rings. The van der Waals surface area contributed by atoms with Gasteiger partial charge in [0.1, 0.15) is 17.6 Å². The molecule has 0 spiro atoms. The monoisotopic (exact) mass is 364 g/mol. The minimum atomic E-state index is -0.764. The number of amides is 2. The predicted octanol–water partition coefficient (Wildman–Crippen LogP) is 3.14. The number of nitrogens with zero attached hydrogens (tertiary/aromatic N) is 3. The number of aromatic nitrogens is 2. The number of aryl methyl sites for hydroxylation is 2. The minimum Gasteiger partial charge on any atom is -0.368 e. The molecule has 3 rings (SSSR count). The van der Waals surface area contributed by atoms with Gasteiger partial charge in [-0.1, -0.05) is 40.9 Å². The number of hydrogen-bond donors (Lipinski definition) is 1. The average molecular weight is 365 g/mol. The van der Waals surface area contributed by atoms with Gasteiger partial charge in [-0.15, -0.1) is 0 Å². The summed E-state index contributed by atoms with van der Waals surface area (Å²) in [5.74, 6) is -0.233. The van der Waals surface area contributed by atoms with Crippen molar-refractivity contribution in [1.82, 2.24) is 9.97 Å². The van der Waals surface area contributed by atoms with Crippen molar-refractivity contribution in [1.29, 1.82) is 0 Å². The van der Waals surface area contributed by atoms with E-state index in [0.29, 0.717) is 11.5 Å².